The predicted octanol–water partition coefficient (Wildman–Crippen LogP) is 6.26. The molecule has 0 amide bonds. The molecule has 1 aliphatic rings. The zero-order valence-electron chi connectivity index (χ0n) is 12.2. The SMILES string of the molecule is C=C\C=C(C1=CC=CCC1)/C(=C\CI)C(=C/C=C)/CC. The van der Waals surface area contributed by atoms with E-state index in [1.807, 2.05) is 12.2 Å². The molecule has 0 spiro atoms. The predicted molar refractivity (Wildman–Crippen MR) is 100 cm³/mol. The Balaban J connectivity index is 3.30. The molecule has 1 aliphatic carbocycles. The Labute approximate surface area is 137 Å². The molecule has 1 rings (SSSR count). The topological polar surface area (TPSA) is 0 Å². The molecule has 1 heteroatoms. The minimum Gasteiger partial charge on any atom is -0.0991 e. The third-order valence-corrected chi connectivity index (χ3v) is 3.70. The highest BCUT2D eigenvalue weighted by Gasteiger charge is 2.13. The Morgan fingerprint density at radius 1 is 1.30 bits per heavy atom. The maximum atomic E-state index is 3.88. The van der Waals surface area contributed by atoms with Crippen molar-refractivity contribution in [3.05, 3.63) is 84.1 Å². The molecular weight excluding hydrogens is 355 g/mol. The highest BCUT2D eigenvalue weighted by Crippen LogP contribution is 2.32. The van der Waals surface area contributed by atoms with Gasteiger partial charge in [0.15, 0.2) is 0 Å². The van der Waals surface area contributed by atoms with Gasteiger partial charge in [-0.25, -0.2) is 0 Å². The van der Waals surface area contributed by atoms with Crippen molar-refractivity contribution in [2.45, 2.75) is 26.2 Å². The summed E-state index contributed by atoms with van der Waals surface area (Å²) in [5, 5.41) is 0. The second-order valence-electron chi connectivity index (χ2n) is 4.53. The highest BCUT2D eigenvalue weighted by atomic mass is 127. The van der Waals surface area contributed by atoms with Crippen LogP contribution in [-0.2, 0) is 0 Å². The van der Waals surface area contributed by atoms with E-state index < -0.39 is 0 Å². The van der Waals surface area contributed by atoms with Crippen molar-refractivity contribution in [2.24, 2.45) is 0 Å². The van der Waals surface area contributed by atoms with Gasteiger partial charge < -0.3 is 0 Å². The van der Waals surface area contributed by atoms with Crippen molar-refractivity contribution in [1.82, 2.24) is 0 Å². The van der Waals surface area contributed by atoms with E-state index >= 15 is 0 Å². The van der Waals surface area contributed by atoms with E-state index in [2.05, 4.69) is 79.1 Å². The third-order valence-electron chi connectivity index (χ3n) is 3.26. The van der Waals surface area contributed by atoms with Crippen molar-refractivity contribution in [3.63, 3.8) is 0 Å². The Bertz CT molecular complexity index is 496. The smallest absolute Gasteiger partial charge is 0.0185 e. The average Bonchev–Trinajstić information content (AvgIpc) is 2.49. The minimum absolute atomic E-state index is 0.999. The van der Waals surface area contributed by atoms with Crippen LogP contribution in [0.1, 0.15) is 26.2 Å². The standard InChI is InChI=1S/C19H23I/c1-4-10-16(6-3)19(14-15-20)18(11-5-2)17-12-8-7-9-13-17/h4-5,7-8,10-12,14H,1-2,6,9,13,15H2,3H3/b16-10+,18-11-,19-14-. The van der Waals surface area contributed by atoms with Gasteiger partial charge in [0.25, 0.3) is 0 Å². The van der Waals surface area contributed by atoms with Gasteiger partial charge in [-0.3, -0.25) is 0 Å². The lowest BCUT2D eigenvalue weighted by molar-refractivity contribution is 0.966. The van der Waals surface area contributed by atoms with E-state index in [-0.39, 0.29) is 0 Å². The van der Waals surface area contributed by atoms with Crippen LogP contribution in [0.15, 0.2) is 84.1 Å². The van der Waals surface area contributed by atoms with Crippen LogP contribution in [0.5, 0.6) is 0 Å². The summed E-state index contributed by atoms with van der Waals surface area (Å²) in [4.78, 5) is 0. The Hall–Kier alpha value is -1.09. The summed E-state index contributed by atoms with van der Waals surface area (Å²) in [6, 6.07) is 0. The van der Waals surface area contributed by atoms with Gasteiger partial charge >= 0.3 is 0 Å². The molecule has 0 N–H and O–H groups in total. The second kappa shape index (κ2) is 9.76. The molecule has 0 radical (unpaired) electrons. The van der Waals surface area contributed by atoms with Crippen LogP contribution in [0.25, 0.3) is 0 Å². The van der Waals surface area contributed by atoms with Crippen LogP contribution in [0.2, 0.25) is 0 Å². The summed E-state index contributed by atoms with van der Waals surface area (Å²) < 4.78 is 0.999. The van der Waals surface area contributed by atoms with Crippen LogP contribution in [-0.4, -0.2) is 4.43 Å². The first-order valence-electron chi connectivity index (χ1n) is 7.05. The number of alkyl halides is 1. The van der Waals surface area contributed by atoms with E-state index in [1.165, 1.54) is 22.3 Å². The molecule has 0 bridgehead atoms. The molecule has 0 heterocycles. The normalized spacial score (nSPS) is 16.9. The lowest BCUT2D eigenvalue weighted by Gasteiger charge is -2.19. The Kier molecular flexibility index (Phi) is 8.28. The zero-order chi connectivity index (χ0) is 14.8. The maximum Gasteiger partial charge on any atom is 0.0185 e. The molecule has 0 atom stereocenters. The summed E-state index contributed by atoms with van der Waals surface area (Å²) in [6.45, 7) is 9.91. The van der Waals surface area contributed by atoms with Crippen molar-refractivity contribution in [2.75, 3.05) is 4.43 Å². The van der Waals surface area contributed by atoms with E-state index in [0.29, 0.717) is 0 Å². The molecule has 0 aliphatic heterocycles. The molecule has 0 saturated carbocycles. The minimum atomic E-state index is 0.999. The molecule has 0 nitrogen and oxygen atoms in total. The molecule has 0 unspecified atom stereocenters. The monoisotopic (exact) mass is 378 g/mol. The van der Waals surface area contributed by atoms with Crippen molar-refractivity contribution in [3.8, 4) is 0 Å². The molecule has 106 valence electrons. The summed E-state index contributed by atoms with van der Waals surface area (Å²) in [7, 11) is 0. The molecule has 0 aromatic carbocycles. The van der Waals surface area contributed by atoms with Crippen LogP contribution >= 0.6 is 22.6 Å². The summed E-state index contributed by atoms with van der Waals surface area (Å²) >= 11 is 2.40. The van der Waals surface area contributed by atoms with Gasteiger partial charge in [0.05, 0.1) is 0 Å². The molecule has 0 saturated heterocycles. The molecule has 0 aromatic rings. The first-order valence-corrected chi connectivity index (χ1v) is 8.58. The van der Waals surface area contributed by atoms with Crippen molar-refractivity contribution < 1.29 is 0 Å². The van der Waals surface area contributed by atoms with Gasteiger partial charge in [0.2, 0.25) is 0 Å². The summed E-state index contributed by atoms with van der Waals surface area (Å²) in [6.07, 6.45) is 20.1. The zero-order valence-corrected chi connectivity index (χ0v) is 14.4. The number of hydrogen-bond acceptors (Lipinski definition) is 0. The largest absolute Gasteiger partial charge is 0.0991 e. The fourth-order valence-corrected chi connectivity index (χ4v) is 2.79. The molecule has 0 aromatic heterocycles. The summed E-state index contributed by atoms with van der Waals surface area (Å²) in [5.74, 6) is 0. The lowest BCUT2D eigenvalue weighted by atomic mass is 9.86. The average molecular weight is 378 g/mol. The van der Waals surface area contributed by atoms with E-state index in [0.717, 1.165) is 23.7 Å². The van der Waals surface area contributed by atoms with E-state index in [9.17, 15) is 0 Å². The number of halogens is 1. The Morgan fingerprint density at radius 2 is 2.05 bits per heavy atom. The van der Waals surface area contributed by atoms with Gasteiger partial charge in [0.1, 0.15) is 0 Å². The first kappa shape index (κ1) is 17.0. The number of hydrogen-bond donors (Lipinski definition) is 0. The van der Waals surface area contributed by atoms with Gasteiger partial charge in [-0.05, 0) is 41.6 Å². The quantitative estimate of drug-likeness (QED) is 0.279. The highest BCUT2D eigenvalue weighted by molar-refractivity contribution is 14.1. The van der Waals surface area contributed by atoms with E-state index in [4.69, 9.17) is 0 Å². The fraction of sp³-hybridized carbons (Fsp3) is 0.263. The third kappa shape index (κ3) is 4.78. The molecule has 20 heavy (non-hydrogen) atoms. The van der Waals surface area contributed by atoms with Gasteiger partial charge in [-0.15, -0.1) is 0 Å². The second-order valence-corrected chi connectivity index (χ2v) is 5.41. The van der Waals surface area contributed by atoms with Crippen LogP contribution in [0.3, 0.4) is 0 Å². The van der Waals surface area contributed by atoms with Gasteiger partial charge in [0, 0.05) is 4.43 Å². The Morgan fingerprint density at radius 3 is 2.55 bits per heavy atom. The summed E-state index contributed by atoms with van der Waals surface area (Å²) in [5.41, 5.74) is 5.35. The van der Waals surface area contributed by atoms with Crippen LogP contribution < -0.4 is 0 Å². The maximum absolute atomic E-state index is 3.88. The fourth-order valence-electron chi connectivity index (χ4n) is 2.35. The molecular formula is C19H23I. The van der Waals surface area contributed by atoms with Gasteiger partial charge in [-0.2, -0.15) is 0 Å². The first-order chi connectivity index (χ1) is 9.78. The lowest BCUT2D eigenvalue weighted by Crippen LogP contribution is -2.00. The van der Waals surface area contributed by atoms with Crippen LogP contribution in [0, 0.1) is 0 Å². The van der Waals surface area contributed by atoms with E-state index in [1.54, 1.807) is 0 Å². The van der Waals surface area contributed by atoms with Crippen molar-refractivity contribution in [1.29, 1.82) is 0 Å². The van der Waals surface area contributed by atoms with Gasteiger partial charge in [-0.1, -0.05) is 91.3 Å². The van der Waals surface area contributed by atoms with Crippen molar-refractivity contribution >= 4 is 22.6 Å². The number of allylic oxidation sites excluding steroid dienone is 12. The number of rotatable bonds is 7. The molecule has 0 fully saturated rings. The van der Waals surface area contributed by atoms with Crippen LogP contribution in [0.4, 0.5) is 0 Å².